The van der Waals surface area contributed by atoms with Gasteiger partial charge in [0.2, 0.25) is 11.8 Å². The van der Waals surface area contributed by atoms with Crippen LogP contribution in [0.15, 0.2) is 24.3 Å². The summed E-state index contributed by atoms with van der Waals surface area (Å²) in [4.78, 5) is 26.0. The molecule has 1 aliphatic rings. The average molecular weight is 274 g/mol. The Morgan fingerprint density at radius 1 is 1.30 bits per heavy atom. The zero-order valence-corrected chi connectivity index (χ0v) is 12.3. The van der Waals surface area contributed by atoms with Gasteiger partial charge in [-0.15, -0.1) is 0 Å². The molecule has 1 heterocycles. The van der Waals surface area contributed by atoms with Crippen molar-refractivity contribution >= 4 is 11.8 Å². The number of nitrogens with zero attached hydrogens (tertiary/aromatic N) is 1. The lowest BCUT2D eigenvalue weighted by atomic mass is 9.94. The van der Waals surface area contributed by atoms with E-state index in [1.54, 1.807) is 4.90 Å². The van der Waals surface area contributed by atoms with Crippen molar-refractivity contribution in [2.45, 2.75) is 39.8 Å². The maximum atomic E-state index is 12.2. The Hall–Kier alpha value is -1.84. The van der Waals surface area contributed by atoms with Crippen LogP contribution in [0.2, 0.25) is 0 Å². The van der Waals surface area contributed by atoms with Gasteiger partial charge in [0.25, 0.3) is 0 Å². The molecule has 0 bridgehead atoms. The Labute approximate surface area is 120 Å². The molecular weight excluding hydrogens is 252 g/mol. The van der Waals surface area contributed by atoms with E-state index in [-0.39, 0.29) is 30.3 Å². The lowest BCUT2D eigenvalue weighted by molar-refractivity contribution is -0.148. The molecule has 2 rings (SSSR count). The first kappa shape index (κ1) is 14.6. The minimum Gasteiger partial charge on any atom is -0.345 e. The molecule has 1 aliphatic heterocycles. The van der Waals surface area contributed by atoms with Crippen molar-refractivity contribution in [1.29, 1.82) is 0 Å². The molecule has 1 N–H and O–H groups in total. The third-order valence-electron chi connectivity index (χ3n) is 4.00. The maximum Gasteiger partial charge on any atom is 0.243 e. The predicted molar refractivity (Wildman–Crippen MR) is 78.0 cm³/mol. The summed E-state index contributed by atoms with van der Waals surface area (Å²) in [7, 11) is 0. The third-order valence-corrected chi connectivity index (χ3v) is 4.00. The van der Waals surface area contributed by atoms with E-state index in [1.165, 1.54) is 5.56 Å². The van der Waals surface area contributed by atoms with Gasteiger partial charge in [0.15, 0.2) is 0 Å². The molecule has 1 aromatic rings. The predicted octanol–water partition coefficient (Wildman–Crippen LogP) is 1.87. The summed E-state index contributed by atoms with van der Waals surface area (Å²) in [5, 5.41) is 2.69. The first-order chi connectivity index (χ1) is 9.52. The number of hydrogen-bond donors (Lipinski definition) is 1. The standard InChI is InChI=1S/C16H22N2O2/c1-4-12(3)15-16(20)17-9-14(19)18(15)10-13-7-5-11(2)6-8-13/h5-8,12,15H,4,9-10H2,1-3H3,(H,17,20). The van der Waals surface area contributed by atoms with Crippen molar-refractivity contribution in [3.05, 3.63) is 35.4 Å². The highest BCUT2D eigenvalue weighted by Gasteiger charge is 2.37. The van der Waals surface area contributed by atoms with Crippen molar-refractivity contribution < 1.29 is 9.59 Å². The Balaban J connectivity index is 2.22. The van der Waals surface area contributed by atoms with Crippen molar-refractivity contribution in [3.63, 3.8) is 0 Å². The molecule has 20 heavy (non-hydrogen) atoms. The van der Waals surface area contributed by atoms with Gasteiger partial charge in [-0.25, -0.2) is 0 Å². The third kappa shape index (κ3) is 3.00. The summed E-state index contributed by atoms with van der Waals surface area (Å²) in [5.41, 5.74) is 2.25. The van der Waals surface area contributed by atoms with Gasteiger partial charge in [0.1, 0.15) is 6.04 Å². The molecule has 0 radical (unpaired) electrons. The van der Waals surface area contributed by atoms with Crippen molar-refractivity contribution in [2.75, 3.05) is 6.54 Å². The Morgan fingerprint density at radius 3 is 2.55 bits per heavy atom. The van der Waals surface area contributed by atoms with Crippen molar-refractivity contribution in [1.82, 2.24) is 10.2 Å². The molecule has 1 saturated heterocycles. The van der Waals surface area contributed by atoms with Gasteiger partial charge in [-0.2, -0.15) is 0 Å². The molecule has 0 saturated carbocycles. The van der Waals surface area contributed by atoms with E-state index in [0.29, 0.717) is 6.54 Å². The van der Waals surface area contributed by atoms with E-state index in [0.717, 1.165) is 12.0 Å². The van der Waals surface area contributed by atoms with E-state index in [2.05, 4.69) is 5.32 Å². The van der Waals surface area contributed by atoms with Gasteiger partial charge in [-0.1, -0.05) is 50.1 Å². The van der Waals surface area contributed by atoms with Crippen molar-refractivity contribution in [2.24, 2.45) is 5.92 Å². The second-order valence-electron chi connectivity index (χ2n) is 5.56. The average Bonchev–Trinajstić information content (AvgIpc) is 2.44. The van der Waals surface area contributed by atoms with Crippen LogP contribution in [0.5, 0.6) is 0 Å². The fourth-order valence-electron chi connectivity index (χ4n) is 2.53. The number of aryl methyl sites for hydroxylation is 1. The summed E-state index contributed by atoms with van der Waals surface area (Å²) in [6.45, 7) is 6.70. The van der Waals surface area contributed by atoms with Gasteiger partial charge in [-0.3, -0.25) is 9.59 Å². The molecule has 0 spiro atoms. The van der Waals surface area contributed by atoms with E-state index >= 15 is 0 Å². The smallest absolute Gasteiger partial charge is 0.243 e. The highest BCUT2D eigenvalue weighted by Crippen LogP contribution is 2.20. The first-order valence-electron chi connectivity index (χ1n) is 7.15. The van der Waals surface area contributed by atoms with E-state index in [9.17, 15) is 9.59 Å². The number of nitrogens with one attached hydrogen (secondary N) is 1. The number of carbonyl (C=O) groups excluding carboxylic acids is 2. The van der Waals surface area contributed by atoms with Crippen LogP contribution >= 0.6 is 0 Å². The number of benzene rings is 1. The van der Waals surface area contributed by atoms with E-state index in [4.69, 9.17) is 0 Å². The molecule has 0 aliphatic carbocycles. The maximum absolute atomic E-state index is 12.2. The molecule has 2 amide bonds. The summed E-state index contributed by atoms with van der Waals surface area (Å²) in [6.07, 6.45) is 0.871. The molecule has 2 unspecified atom stereocenters. The number of carbonyl (C=O) groups is 2. The second kappa shape index (κ2) is 6.07. The van der Waals surface area contributed by atoms with E-state index < -0.39 is 0 Å². The summed E-state index contributed by atoms with van der Waals surface area (Å²) < 4.78 is 0. The minimum atomic E-state index is -0.359. The zero-order chi connectivity index (χ0) is 14.7. The van der Waals surface area contributed by atoms with Gasteiger partial charge < -0.3 is 10.2 Å². The van der Waals surface area contributed by atoms with Gasteiger partial charge in [0.05, 0.1) is 6.54 Å². The highest BCUT2D eigenvalue weighted by atomic mass is 16.2. The fraction of sp³-hybridized carbons (Fsp3) is 0.500. The van der Waals surface area contributed by atoms with Crippen LogP contribution in [-0.2, 0) is 16.1 Å². The molecule has 1 fully saturated rings. The number of amides is 2. The topological polar surface area (TPSA) is 49.4 Å². The number of rotatable bonds is 4. The lowest BCUT2D eigenvalue weighted by Gasteiger charge is -2.38. The monoisotopic (exact) mass is 274 g/mol. The molecule has 0 aromatic heterocycles. The lowest BCUT2D eigenvalue weighted by Crippen LogP contribution is -2.60. The summed E-state index contributed by atoms with van der Waals surface area (Å²) in [6, 6.07) is 7.73. The van der Waals surface area contributed by atoms with Crippen LogP contribution in [0.3, 0.4) is 0 Å². The molecule has 108 valence electrons. The first-order valence-corrected chi connectivity index (χ1v) is 7.15. The quantitative estimate of drug-likeness (QED) is 0.911. The summed E-state index contributed by atoms with van der Waals surface area (Å²) in [5.74, 6) is 0.117. The Morgan fingerprint density at radius 2 is 1.95 bits per heavy atom. The number of hydrogen-bond acceptors (Lipinski definition) is 2. The summed E-state index contributed by atoms with van der Waals surface area (Å²) >= 11 is 0. The second-order valence-corrected chi connectivity index (χ2v) is 5.56. The van der Waals surface area contributed by atoms with E-state index in [1.807, 2.05) is 45.0 Å². The largest absolute Gasteiger partial charge is 0.345 e. The Kier molecular flexibility index (Phi) is 4.42. The van der Waals surface area contributed by atoms with Gasteiger partial charge in [-0.05, 0) is 18.4 Å². The highest BCUT2D eigenvalue weighted by molar-refractivity contribution is 5.94. The van der Waals surface area contributed by atoms with Crippen LogP contribution in [0.1, 0.15) is 31.4 Å². The van der Waals surface area contributed by atoms with Crippen LogP contribution in [-0.4, -0.2) is 29.3 Å². The van der Waals surface area contributed by atoms with Crippen molar-refractivity contribution in [3.8, 4) is 0 Å². The minimum absolute atomic E-state index is 0.00419. The molecule has 4 heteroatoms. The van der Waals surface area contributed by atoms with Crippen LogP contribution < -0.4 is 5.32 Å². The normalized spacial score (nSPS) is 20.8. The molecule has 4 nitrogen and oxygen atoms in total. The SMILES string of the molecule is CCC(C)C1C(=O)NCC(=O)N1Cc1ccc(C)cc1. The Bertz CT molecular complexity index is 496. The molecular formula is C16H22N2O2. The van der Waals surface area contributed by atoms with Gasteiger partial charge >= 0.3 is 0 Å². The fourth-order valence-corrected chi connectivity index (χ4v) is 2.53. The van der Waals surface area contributed by atoms with Gasteiger partial charge in [0, 0.05) is 6.54 Å². The van der Waals surface area contributed by atoms with Crippen LogP contribution in [0.25, 0.3) is 0 Å². The number of piperazine rings is 1. The zero-order valence-electron chi connectivity index (χ0n) is 12.3. The van der Waals surface area contributed by atoms with Crippen LogP contribution in [0, 0.1) is 12.8 Å². The van der Waals surface area contributed by atoms with Crippen LogP contribution in [0.4, 0.5) is 0 Å². The molecule has 1 aromatic carbocycles. The molecule has 2 atom stereocenters.